The van der Waals surface area contributed by atoms with Crippen molar-refractivity contribution in [2.24, 2.45) is 0 Å². The third-order valence-electron chi connectivity index (χ3n) is 1.85. The first-order valence-electron chi connectivity index (χ1n) is 4.76. The van der Waals surface area contributed by atoms with E-state index < -0.39 is 0 Å². The summed E-state index contributed by atoms with van der Waals surface area (Å²) in [6.45, 7) is 5.90. The maximum absolute atomic E-state index is 11.3. The Morgan fingerprint density at radius 3 is 2.57 bits per heavy atom. The molecule has 0 atom stereocenters. The molecule has 0 aliphatic rings. The smallest absolute Gasteiger partial charge is 0.338 e. The average Bonchev–Trinajstić information content (AvgIpc) is 2.16. The van der Waals surface area contributed by atoms with Gasteiger partial charge in [-0.2, -0.15) is 0 Å². The Morgan fingerprint density at radius 1 is 1.50 bits per heavy atom. The van der Waals surface area contributed by atoms with Crippen molar-refractivity contribution in [3.8, 4) is 0 Å². The highest BCUT2D eigenvalue weighted by Crippen LogP contribution is 2.18. The van der Waals surface area contributed by atoms with E-state index in [1.165, 1.54) is 20.0 Å². The molecule has 80 valence electrons. The Morgan fingerprint density at radius 2 is 2.14 bits per heavy atom. The third kappa shape index (κ3) is 5.42. The number of hydrogen-bond acceptors (Lipinski definition) is 2. The summed E-state index contributed by atoms with van der Waals surface area (Å²) >= 11 is 2.04. The molecule has 0 bridgehead atoms. The predicted molar refractivity (Wildman–Crippen MR) is 67.4 cm³/mol. The Kier molecular flexibility index (Phi) is 7.84. The normalized spacial score (nSPS) is 11.2. The third-order valence-corrected chi connectivity index (χ3v) is 2.43. The van der Waals surface area contributed by atoms with Crippen LogP contribution in [0.4, 0.5) is 0 Å². The first-order valence-corrected chi connectivity index (χ1v) is 5.84. The van der Waals surface area contributed by atoms with Crippen molar-refractivity contribution in [2.75, 3.05) is 7.11 Å². The van der Waals surface area contributed by atoms with E-state index in [9.17, 15) is 4.79 Å². The summed E-state index contributed by atoms with van der Waals surface area (Å²) in [5.74, 6) is -0.291. The second kappa shape index (κ2) is 8.03. The highest BCUT2D eigenvalue weighted by molar-refractivity contribution is 14.1. The highest BCUT2D eigenvalue weighted by atomic mass is 127. The minimum Gasteiger partial charge on any atom is -0.465 e. The van der Waals surface area contributed by atoms with Crippen molar-refractivity contribution in [1.82, 2.24) is 0 Å². The van der Waals surface area contributed by atoms with Crippen LogP contribution >= 0.6 is 22.6 Å². The van der Waals surface area contributed by atoms with Crippen molar-refractivity contribution >= 4 is 28.6 Å². The number of unbranched alkanes of at least 4 members (excludes halogenated alkanes) is 3. The number of methoxy groups -OCH3 is 1. The van der Waals surface area contributed by atoms with Gasteiger partial charge in [-0.1, -0.05) is 32.4 Å². The maximum Gasteiger partial charge on any atom is 0.338 e. The molecular formula is C11H17IO2. The average molecular weight is 308 g/mol. The molecular weight excluding hydrogens is 291 g/mol. The molecule has 0 aromatic rings. The molecule has 0 aliphatic carbocycles. The van der Waals surface area contributed by atoms with Crippen molar-refractivity contribution in [2.45, 2.75) is 32.6 Å². The van der Waals surface area contributed by atoms with Gasteiger partial charge < -0.3 is 4.74 Å². The number of halogens is 1. The molecule has 0 saturated heterocycles. The summed E-state index contributed by atoms with van der Waals surface area (Å²) in [5, 5.41) is 0. The van der Waals surface area contributed by atoms with Gasteiger partial charge in [0.2, 0.25) is 0 Å². The van der Waals surface area contributed by atoms with Crippen LogP contribution in [0, 0.1) is 0 Å². The molecule has 0 aromatic carbocycles. The van der Waals surface area contributed by atoms with Crippen LogP contribution in [-0.4, -0.2) is 13.1 Å². The fourth-order valence-corrected chi connectivity index (χ4v) is 1.50. The van der Waals surface area contributed by atoms with Crippen molar-refractivity contribution < 1.29 is 9.53 Å². The highest BCUT2D eigenvalue weighted by Gasteiger charge is 2.10. The zero-order chi connectivity index (χ0) is 11.0. The van der Waals surface area contributed by atoms with E-state index >= 15 is 0 Å². The van der Waals surface area contributed by atoms with E-state index in [1.807, 2.05) is 28.7 Å². The van der Waals surface area contributed by atoms with Crippen molar-refractivity contribution in [3.05, 3.63) is 21.8 Å². The van der Waals surface area contributed by atoms with E-state index in [1.54, 1.807) is 0 Å². The minimum atomic E-state index is -0.291. The molecule has 0 rings (SSSR count). The second-order valence-electron chi connectivity index (χ2n) is 3.01. The van der Waals surface area contributed by atoms with Gasteiger partial charge >= 0.3 is 5.97 Å². The van der Waals surface area contributed by atoms with Gasteiger partial charge in [-0.15, -0.1) is 0 Å². The van der Waals surface area contributed by atoms with E-state index in [0.29, 0.717) is 5.57 Å². The number of carbonyl (C=O) groups excluding carboxylic acids is 1. The van der Waals surface area contributed by atoms with Gasteiger partial charge in [0.05, 0.1) is 12.7 Å². The van der Waals surface area contributed by atoms with E-state index in [2.05, 4.69) is 18.2 Å². The van der Waals surface area contributed by atoms with Crippen LogP contribution in [0.1, 0.15) is 32.6 Å². The number of carbonyl (C=O) groups is 1. The van der Waals surface area contributed by atoms with Gasteiger partial charge in [-0.3, -0.25) is 0 Å². The number of ether oxygens (including phenoxy) is 1. The monoisotopic (exact) mass is 308 g/mol. The molecule has 0 spiro atoms. The van der Waals surface area contributed by atoms with Gasteiger partial charge in [-0.25, -0.2) is 4.79 Å². The summed E-state index contributed by atoms with van der Waals surface area (Å²) in [4.78, 5) is 11.3. The molecule has 0 aliphatic heterocycles. The van der Waals surface area contributed by atoms with Crippen LogP contribution in [0.5, 0.6) is 0 Å². The number of allylic oxidation sites excluding steroid dienone is 1. The van der Waals surface area contributed by atoms with Gasteiger partial charge in [0.25, 0.3) is 0 Å². The SMILES string of the molecule is C=C(I)/C(=C\CCCCC)C(=O)OC. The summed E-state index contributed by atoms with van der Waals surface area (Å²) in [7, 11) is 1.39. The molecule has 0 saturated carbocycles. The zero-order valence-corrected chi connectivity index (χ0v) is 11.0. The summed E-state index contributed by atoms with van der Waals surface area (Å²) in [6.07, 6.45) is 6.32. The molecule has 2 nitrogen and oxygen atoms in total. The molecule has 0 N–H and O–H groups in total. The first kappa shape index (κ1) is 13.7. The molecule has 0 unspecified atom stereocenters. The van der Waals surface area contributed by atoms with E-state index in [-0.39, 0.29) is 5.97 Å². The number of hydrogen-bond donors (Lipinski definition) is 0. The van der Waals surface area contributed by atoms with Crippen molar-refractivity contribution in [1.29, 1.82) is 0 Å². The molecule has 0 fully saturated rings. The van der Waals surface area contributed by atoms with Crippen LogP contribution in [-0.2, 0) is 9.53 Å². The zero-order valence-electron chi connectivity index (χ0n) is 8.81. The van der Waals surface area contributed by atoms with Gasteiger partial charge in [0.1, 0.15) is 0 Å². The summed E-state index contributed by atoms with van der Waals surface area (Å²) < 4.78 is 5.40. The Balaban J connectivity index is 4.20. The number of rotatable bonds is 6. The van der Waals surface area contributed by atoms with E-state index in [0.717, 1.165) is 16.4 Å². The Hall–Kier alpha value is -0.320. The van der Waals surface area contributed by atoms with Crippen LogP contribution in [0.2, 0.25) is 0 Å². The first-order chi connectivity index (χ1) is 6.63. The van der Waals surface area contributed by atoms with Crippen LogP contribution < -0.4 is 0 Å². The lowest BCUT2D eigenvalue weighted by atomic mass is 10.1. The van der Waals surface area contributed by atoms with Crippen LogP contribution in [0.3, 0.4) is 0 Å². The molecule has 14 heavy (non-hydrogen) atoms. The van der Waals surface area contributed by atoms with Gasteiger partial charge in [0.15, 0.2) is 0 Å². The molecule has 0 aromatic heterocycles. The van der Waals surface area contributed by atoms with Crippen LogP contribution in [0.25, 0.3) is 0 Å². The number of esters is 1. The van der Waals surface area contributed by atoms with Crippen molar-refractivity contribution in [3.63, 3.8) is 0 Å². The lowest BCUT2D eigenvalue weighted by molar-refractivity contribution is -0.135. The van der Waals surface area contributed by atoms with Gasteiger partial charge in [-0.05, 0) is 35.4 Å². The maximum atomic E-state index is 11.3. The fraction of sp³-hybridized carbons (Fsp3) is 0.545. The molecule has 0 radical (unpaired) electrons. The summed E-state index contributed by atoms with van der Waals surface area (Å²) in [6, 6.07) is 0. The predicted octanol–water partition coefficient (Wildman–Crippen LogP) is 3.61. The topological polar surface area (TPSA) is 26.3 Å². The molecule has 3 heteroatoms. The molecule has 0 amide bonds. The quantitative estimate of drug-likeness (QED) is 0.246. The lowest BCUT2D eigenvalue weighted by Gasteiger charge is -2.03. The fourth-order valence-electron chi connectivity index (χ4n) is 1.06. The lowest BCUT2D eigenvalue weighted by Crippen LogP contribution is -2.04. The second-order valence-corrected chi connectivity index (χ2v) is 4.31. The Labute approximate surface area is 99.5 Å². The summed E-state index contributed by atoms with van der Waals surface area (Å²) in [5.41, 5.74) is 0.601. The minimum absolute atomic E-state index is 0.291. The van der Waals surface area contributed by atoms with Crippen LogP contribution in [0.15, 0.2) is 21.8 Å². The largest absolute Gasteiger partial charge is 0.465 e. The standard InChI is InChI=1S/C11H17IO2/c1-4-5-6-7-8-10(9(2)12)11(13)14-3/h8H,2,4-7H2,1,3H3/b10-8+. The molecule has 0 heterocycles. The van der Waals surface area contributed by atoms with Gasteiger partial charge in [0, 0.05) is 3.58 Å². The van der Waals surface area contributed by atoms with E-state index in [4.69, 9.17) is 0 Å². The Bertz CT molecular complexity index is 231.